The molecule has 3 aliphatic rings. The molecule has 0 heterocycles. The second kappa shape index (κ2) is 4.98. The second-order valence-electron chi connectivity index (χ2n) is 8.58. The first-order chi connectivity index (χ1) is 10.5. The first-order valence-electron chi connectivity index (χ1n) is 9.26. The summed E-state index contributed by atoms with van der Waals surface area (Å²) in [5.74, 6) is 3.47. The standard InChI is InChI=1S/C22H30/c1-14(2)20-10-11-21-19-9-8-16-15(3)6-5-7-17(16)18(19)12-13-22(20,21)4/h5-7,18-21H,1,8-13H2,2-4H3/t18?,19?,20-,21?,22-/m1/s1. The third kappa shape index (κ3) is 1.88. The Morgan fingerprint density at radius 1 is 1.18 bits per heavy atom. The number of rotatable bonds is 1. The number of hydrogen-bond donors (Lipinski definition) is 0. The number of aryl methyl sites for hydroxylation is 1. The van der Waals surface area contributed by atoms with E-state index in [2.05, 4.69) is 45.5 Å². The van der Waals surface area contributed by atoms with E-state index >= 15 is 0 Å². The van der Waals surface area contributed by atoms with Gasteiger partial charge in [-0.2, -0.15) is 0 Å². The Labute approximate surface area is 136 Å². The van der Waals surface area contributed by atoms with Gasteiger partial charge in [0.1, 0.15) is 0 Å². The van der Waals surface area contributed by atoms with Crippen LogP contribution < -0.4 is 0 Å². The van der Waals surface area contributed by atoms with Gasteiger partial charge in [-0.15, -0.1) is 0 Å². The highest BCUT2D eigenvalue weighted by molar-refractivity contribution is 5.40. The maximum absolute atomic E-state index is 4.32. The maximum atomic E-state index is 4.32. The van der Waals surface area contributed by atoms with Crippen LogP contribution in [0.3, 0.4) is 0 Å². The summed E-state index contributed by atoms with van der Waals surface area (Å²) in [6, 6.07) is 7.03. The molecule has 0 aliphatic heterocycles. The Morgan fingerprint density at radius 2 is 2.00 bits per heavy atom. The molecule has 2 fully saturated rings. The molecule has 3 aliphatic carbocycles. The van der Waals surface area contributed by atoms with Crippen LogP contribution in [0.25, 0.3) is 0 Å². The Morgan fingerprint density at radius 3 is 2.77 bits per heavy atom. The van der Waals surface area contributed by atoms with E-state index in [4.69, 9.17) is 0 Å². The molecule has 1 aromatic rings. The average Bonchev–Trinajstić information content (AvgIpc) is 2.84. The van der Waals surface area contributed by atoms with Crippen LogP contribution in [0.2, 0.25) is 0 Å². The lowest BCUT2D eigenvalue weighted by molar-refractivity contribution is 0.0382. The second-order valence-corrected chi connectivity index (χ2v) is 8.58. The topological polar surface area (TPSA) is 0 Å². The van der Waals surface area contributed by atoms with Crippen molar-refractivity contribution in [3.63, 3.8) is 0 Å². The highest BCUT2D eigenvalue weighted by Gasteiger charge is 2.54. The highest BCUT2D eigenvalue weighted by atomic mass is 14.6. The summed E-state index contributed by atoms with van der Waals surface area (Å²) in [5.41, 5.74) is 6.89. The lowest BCUT2D eigenvalue weighted by atomic mass is 9.53. The molecule has 2 saturated carbocycles. The van der Waals surface area contributed by atoms with Crippen molar-refractivity contribution in [2.24, 2.45) is 23.2 Å². The minimum absolute atomic E-state index is 0.536. The predicted octanol–water partition coefficient (Wildman–Crippen LogP) is 6.04. The third-order valence-corrected chi connectivity index (χ3v) is 7.61. The van der Waals surface area contributed by atoms with E-state index in [1.807, 2.05) is 0 Å². The van der Waals surface area contributed by atoms with Gasteiger partial charge in [0, 0.05) is 0 Å². The largest absolute Gasteiger partial charge is 0.0998 e. The fourth-order valence-electron chi connectivity index (χ4n) is 6.61. The van der Waals surface area contributed by atoms with Crippen LogP contribution in [-0.2, 0) is 6.42 Å². The molecule has 0 aromatic heterocycles. The SMILES string of the molecule is C=C(C)[C@H]1CCC2C3CCc4c(C)cccc4C3CC[C@@]21C. The van der Waals surface area contributed by atoms with Gasteiger partial charge >= 0.3 is 0 Å². The minimum Gasteiger partial charge on any atom is -0.0998 e. The van der Waals surface area contributed by atoms with Crippen LogP contribution in [-0.4, -0.2) is 0 Å². The van der Waals surface area contributed by atoms with E-state index in [0.29, 0.717) is 5.41 Å². The van der Waals surface area contributed by atoms with Crippen LogP contribution in [0.5, 0.6) is 0 Å². The zero-order valence-corrected chi connectivity index (χ0v) is 14.5. The summed E-state index contributed by atoms with van der Waals surface area (Å²) in [4.78, 5) is 0. The molecule has 0 spiro atoms. The highest BCUT2D eigenvalue weighted by Crippen LogP contribution is 2.64. The predicted molar refractivity (Wildman–Crippen MR) is 94.1 cm³/mol. The lowest BCUT2D eigenvalue weighted by Gasteiger charge is -2.51. The quantitative estimate of drug-likeness (QED) is 0.554. The van der Waals surface area contributed by atoms with E-state index in [1.165, 1.54) is 49.7 Å². The summed E-state index contributed by atoms with van der Waals surface area (Å²) in [6.45, 7) is 11.5. The summed E-state index contributed by atoms with van der Waals surface area (Å²) in [6.07, 6.45) is 8.37. The van der Waals surface area contributed by atoms with Crippen LogP contribution >= 0.6 is 0 Å². The Bertz CT molecular complexity index is 610. The van der Waals surface area contributed by atoms with Crippen LogP contribution in [0.4, 0.5) is 0 Å². The van der Waals surface area contributed by atoms with Gasteiger partial charge < -0.3 is 0 Å². The molecular weight excluding hydrogens is 264 g/mol. The van der Waals surface area contributed by atoms with E-state index in [9.17, 15) is 0 Å². The first kappa shape index (κ1) is 14.5. The normalized spacial score (nSPS) is 39.8. The fourth-order valence-corrected chi connectivity index (χ4v) is 6.61. The molecule has 118 valence electrons. The van der Waals surface area contributed by atoms with Gasteiger partial charge in [0.25, 0.3) is 0 Å². The van der Waals surface area contributed by atoms with Gasteiger partial charge in [0.05, 0.1) is 0 Å². The van der Waals surface area contributed by atoms with E-state index < -0.39 is 0 Å². The molecule has 5 atom stereocenters. The van der Waals surface area contributed by atoms with Gasteiger partial charge in [-0.25, -0.2) is 0 Å². The van der Waals surface area contributed by atoms with Gasteiger partial charge in [-0.3, -0.25) is 0 Å². The average molecular weight is 294 g/mol. The Balaban J connectivity index is 1.70. The molecule has 3 unspecified atom stereocenters. The number of benzene rings is 1. The van der Waals surface area contributed by atoms with E-state index in [0.717, 1.165) is 23.7 Å². The Kier molecular flexibility index (Phi) is 3.29. The van der Waals surface area contributed by atoms with Crippen molar-refractivity contribution in [1.29, 1.82) is 0 Å². The van der Waals surface area contributed by atoms with Gasteiger partial charge in [0.15, 0.2) is 0 Å². The summed E-state index contributed by atoms with van der Waals surface area (Å²) >= 11 is 0. The summed E-state index contributed by atoms with van der Waals surface area (Å²) < 4.78 is 0. The molecule has 0 radical (unpaired) electrons. The zero-order valence-electron chi connectivity index (χ0n) is 14.5. The fraction of sp³-hybridized carbons (Fsp3) is 0.636. The van der Waals surface area contributed by atoms with Gasteiger partial charge in [-0.1, -0.05) is 37.3 Å². The zero-order chi connectivity index (χ0) is 15.5. The van der Waals surface area contributed by atoms with E-state index in [-0.39, 0.29) is 0 Å². The number of allylic oxidation sites excluding steroid dienone is 1. The smallest absolute Gasteiger partial charge is 0.0128 e. The van der Waals surface area contributed by atoms with Crippen molar-refractivity contribution < 1.29 is 0 Å². The third-order valence-electron chi connectivity index (χ3n) is 7.61. The summed E-state index contributed by atoms with van der Waals surface area (Å²) in [7, 11) is 0. The molecule has 0 saturated heterocycles. The monoisotopic (exact) mass is 294 g/mol. The lowest BCUT2D eigenvalue weighted by Crippen LogP contribution is -2.42. The molecule has 0 nitrogen and oxygen atoms in total. The van der Waals surface area contributed by atoms with Crippen molar-refractivity contribution in [1.82, 2.24) is 0 Å². The molecule has 1 aromatic carbocycles. The maximum Gasteiger partial charge on any atom is -0.0128 e. The molecule has 0 heteroatoms. The molecule has 4 rings (SSSR count). The summed E-state index contributed by atoms with van der Waals surface area (Å²) in [5, 5.41) is 0. The van der Waals surface area contributed by atoms with Gasteiger partial charge in [0.2, 0.25) is 0 Å². The van der Waals surface area contributed by atoms with Crippen molar-refractivity contribution in [3.05, 3.63) is 47.0 Å². The Hall–Kier alpha value is -1.04. The van der Waals surface area contributed by atoms with Gasteiger partial charge in [-0.05, 0) is 98.1 Å². The van der Waals surface area contributed by atoms with Crippen molar-refractivity contribution in [2.75, 3.05) is 0 Å². The van der Waals surface area contributed by atoms with Crippen LogP contribution in [0, 0.1) is 30.1 Å². The van der Waals surface area contributed by atoms with Crippen molar-refractivity contribution >= 4 is 0 Å². The number of hydrogen-bond acceptors (Lipinski definition) is 0. The van der Waals surface area contributed by atoms with E-state index in [1.54, 1.807) is 11.1 Å². The molecular formula is C22H30. The van der Waals surface area contributed by atoms with Crippen LogP contribution in [0.1, 0.15) is 68.6 Å². The van der Waals surface area contributed by atoms with Crippen molar-refractivity contribution in [2.45, 2.75) is 65.2 Å². The molecule has 0 bridgehead atoms. The van der Waals surface area contributed by atoms with Crippen molar-refractivity contribution in [3.8, 4) is 0 Å². The molecule has 22 heavy (non-hydrogen) atoms. The molecule has 0 N–H and O–H groups in total. The minimum atomic E-state index is 0.536. The molecule has 0 amide bonds. The van der Waals surface area contributed by atoms with Crippen LogP contribution in [0.15, 0.2) is 30.4 Å². The first-order valence-corrected chi connectivity index (χ1v) is 9.26. The number of fused-ring (bicyclic) bond motifs is 5.